The van der Waals surface area contributed by atoms with Gasteiger partial charge >= 0.3 is 5.97 Å². The number of benzene rings is 1. The molecule has 0 unspecified atom stereocenters. The summed E-state index contributed by atoms with van der Waals surface area (Å²) in [5.41, 5.74) is 2.41. The maximum Gasteiger partial charge on any atom is 0.341 e. The molecule has 1 aromatic carbocycles. The summed E-state index contributed by atoms with van der Waals surface area (Å²) in [5.74, 6) is 0.526. The highest BCUT2D eigenvalue weighted by molar-refractivity contribution is 5.68. The number of aliphatic carboxylic acids is 1. The first-order valence-electron chi connectivity index (χ1n) is 6.91. The van der Waals surface area contributed by atoms with Crippen LogP contribution in [0.25, 0.3) is 11.4 Å². The third kappa shape index (κ3) is 3.52. The molecule has 0 aliphatic heterocycles. The van der Waals surface area contributed by atoms with Crippen molar-refractivity contribution < 1.29 is 19.4 Å². The van der Waals surface area contributed by atoms with Crippen molar-refractivity contribution in [1.29, 1.82) is 0 Å². The summed E-state index contributed by atoms with van der Waals surface area (Å²) in [5, 5.41) is 8.77. The smallest absolute Gasteiger partial charge is 0.341 e. The number of ether oxygens (including phenoxy) is 2. The Bertz CT molecular complexity index is 669. The molecule has 1 heterocycles. The van der Waals surface area contributed by atoms with Crippen LogP contribution in [0.2, 0.25) is 0 Å². The van der Waals surface area contributed by atoms with Gasteiger partial charge in [0.25, 0.3) is 0 Å². The van der Waals surface area contributed by atoms with E-state index in [2.05, 4.69) is 9.97 Å². The molecule has 1 aromatic heterocycles. The normalized spacial score (nSPS) is 10.3. The van der Waals surface area contributed by atoms with Crippen LogP contribution in [0.15, 0.2) is 24.3 Å². The van der Waals surface area contributed by atoms with Gasteiger partial charge in [0.15, 0.2) is 12.4 Å². The predicted molar refractivity (Wildman–Crippen MR) is 81.3 cm³/mol. The molecule has 0 atom stereocenters. The van der Waals surface area contributed by atoms with Gasteiger partial charge < -0.3 is 14.6 Å². The number of methoxy groups -OCH3 is 1. The van der Waals surface area contributed by atoms with Gasteiger partial charge in [-0.25, -0.2) is 9.78 Å². The van der Waals surface area contributed by atoms with Crippen LogP contribution in [0.4, 0.5) is 0 Å². The Morgan fingerprint density at radius 1 is 1.23 bits per heavy atom. The summed E-state index contributed by atoms with van der Waals surface area (Å²) in [4.78, 5) is 19.5. The summed E-state index contributed by atoms with van der Waals surface area (Å²) in [6, 6.07) is 7.33. The van der Waals surface area contributed by atoms with E-state index < -0.39 is 12.6 Å². The van der Waals surface area contributed by atoms with Gasteiger partial charge in [-0.05, 0) is 37.6 Å². The van der Waals surface area contributed by atoms with Crippen LogP contribution in [-0.2, 0) is 11.2 Å². The van der Waals surface area contributed by atoms with Gasteiger partial charge in [-0.1, -0.05) is 6.92 Å². The summed E-state index contributed by atoms with van der Waals surface area (Å²) in [7, 11) is 1.60. The fraction of sp³-hybridized carbons (Fsp3) is 0.312. The predicted octanol–water partition coefficient (Wildman–Crippen LogP) is 2.49. The SMILES string of the molecule is CCc1c(C)nc(-c2ccc(OC)cc2)nc1OCC(=O)O. The van der Waals surface area contributed by atoms with Crippen LogP contribution < -0.4 is 9.47 Å². The Balaban J connectivity index is 2.40. The molecular weight excluding hydrogens is 284 g/mol. The molecule has 0 saturated heterocycles. The van der Waals surface area contributed by atoms with Crippen LogP contribution in [0.3, 0.4) is 0 Å². The number of aromatic nitrogens is 2. The number of hydrogen-bond acceptors (Lipinski definition) is 5. The summed E-state index contributed by atoms with van der Waals surface area (Å²) >= 11 is 0. The second-order valence-corrected chi connectivity index (χ2v) is 4.68. The molecule has 6 heteroatoms. The standard InChI is InChI=1S/C16H18N2O4/c1-4-13-10(2)17-15(18-16(13)22-9-14(19)20)11-5-7-12(21-3)8-6-11/h5-8H,4,9H2,1-3H3,(H,19,20). The molecule has 0 radical (unpaired) electrons. The Morgan fingerprint density at radius 2 is 1.91 bits per heavy atom. The minimum absolute atomic E-state index is 0.322. The highest BCUT2D eigenvalue weighted by atomic mass is 16.5. The van der Waals surface area contributed by atoms with E-state index in [4.69, 9.17) is 14.6 Å². The molecule has 1 N–H and O–H groups in total. The Kier molecular flexibility index (Phi) is 4.93. The third-order valence-corrected chi connectivity index (χ3v) is 3.21. The second-order valence-electron chi connectivity index (χ2n) is 4.68. The number of nitrogens with zero attached hydrogens (tertiary/aromatic N) is 2. The van der Waals surface area contributed by atoms with Crippen LogP contribution in [0.1, 0.15) is 18.2 Å². The number of aryl methyl sites for hydroxylation is 1. The van der Waals surface area contributed by atoms with Gasteiger partial charge in [-0.3, -0.25) is 0 Å². The first-order valence-corrected chi connectivity index (χ1v) is 6.91. The Morgan fingerprint density at radius 3 is 2.45 bits per heavy atom. The maximum absolute atomic E-state index is 10.7. The molecule has 0 fully saturated rings. The number of carboxylic acid groups (broad SMARTS) is 1. The van der Waals surface area contributed by atoms with Crippen molar-refractivity contribution in [2.24, 2.45) is 0 Å². The minimum Gasteiger partial charge on any atom is -0.497 e. The van der Waals surface area contributed by atoms with Crippen LogP contribution in [0, 0.1) is 6.92 Å². The van der Waals surface area contributed by atoms with E-state index in [9.17, 15) is 4.79 Å². The average Bonchev–Trinajstić information content (AvgIpc) is 2.52. The number of carbonyl (C=O) groups is 1. The number of hydrogen-bond donors (Lipinski definition) is 1. The molecule has 0 aliphatic carbocycles. The quantitative estimate of drug-likeness (QED) is 0.883. The van der Waals surface area contributed by atoms with Gasteiger partial charge in [-0.15, -0.1) is 0 Å². The largest absolute Gasteiger partial charge is 0.497 e. The van der Waals surface area contributed by atoms with Crippen molar-refractivity contribution in [3.05, 3.63) is 35.5 Å². The lowest BCUT2D eigenvalue weighted by Crippen LogP contribution is -2.13. The van der Waals surface area contributed by atoms with Crippen LogP contribution in [-0.4, -0.2) is 34.8 Å². The van der Waals surface area contributed by atoms with E-state index in [0.717, 1.165) is 22.6 Å². The molecule has 0 bridgehead atoms. The van der Waals surface area contributed by atoms with Gasteiger partial charge in [0.1, 0.15) is 5.75 Å². The molecule has 0 aliphatic rings. The lowest BCUT2D eigenvalue weighted by Gasteiger charge is -2.12. The van der Waals surface area contributed by atoms with Crippen molar-refractivity contribution in [1.82, 2.24) is 9.97 Å². The Labute approximate surface area is 128 Å². The molecule has 0 saturated carbocycles. The third-order valence-electron chi connectivity index (χ3n) is 3.21. The fourth-order valence-corrected chi connectivity index (χ4v) is 2.10. The zero-order valence-corrected chi connectivity index (χ0v) is 12.8. The topological polar surface area (TPSA) is 81.5 Å². The van der Waals surface area contributed by atoms with Crippen molar-refractivity contribution >= 4 is 5.97 Å². The minimum atomic E-state index is -1.04. The molecule has 6 nitrogen and oxygen atoms in total. The lowest BCUT2D eigenvalue weighted by molar-refractivity contribution is -0.139. The maximum atomic E-state index is 10.7. The van der Waals surface area contributed by atoms with Gasteiger partial charge in [-0.2, -0.15) is 4.98 Å². The first-order chi connectivity index (χ1) is 10.5. The van der Waals surface area contributed by atoms with E-state index in [1.165, 1.54) is 0 Å². The zero-order valence-electron chi connectivity index (χ0n) is 12.8. The van der Waals surface area contributed by atoms with Crippen LogP contribution >= 0.6 is 0 Å². The molecule has 2 aromatic rings. The zero-order chi connectivity index (χ0) is 16.1. The van der Waals surface area contributed by atoms with Gasteiger partial charge in [0, 0.05) is 16.8 Å². The van der Waals surface area contributed by atoms with E-state index in [1.807, 2.05) is 38.1 Å². The summed E-state index contributed by atoms with van der Waals surface area (Å²) in [6.45, 7) is 3.39. The molecule has 0 spiro atoms. The molecule has 116 valence electrons. The second kappa shape index (κ2) is 6.89. The molecular formula is C16H18N2O4. The highest BCUT2D eigenvalue weighted by Gasteiger charge is 2.14. The molecule has 22 heavy (non-hydrogen) atoms. The number of rotatable bonds is 6. The van der Waals surface area contributed by atoms with Crippen molar-refractivity contribution in [3.63, 3.8) is 0 Å². The summed E-state index contributed by atoms with van der Waals surface area (Å²) in [6.07, 6.45) is 0.670. The number of carboxylic acids is 1. The van der Waals surface area contributed by atoms with Crippen molar-refractivity contribution in [2.75, 3.05) is 13.7 Å². The van der Waals surface area contributed by atoms with Crippen molar-refractivity contribution in [3.8, 4) is 23.0 Å². The first kappa shape index (κ1) is 15.8. The van der Waals surface area contributed by atoms with E-state index in [-0.39, 0.29) is 0 Å². The average molecular weight is 302 g/mol. The van der Waals surface area contributed by atoms with E-state index in [1.54, 1.807) is 7.11 Å². The van der Waals surface area contributed by atoms with Crippen LogP contribution in [0.5, 0.6) is 11.6 Å². The molecule has 2 rings (SSSR count). The summed E-state index contributed by atoms with van der Waals surface area (Å²) < 4.78 is 10.4. The monoisotopic (exact) mass is 302 g/mol. The van der Waals surface area contributed by atoms with Crippen molar-refractivity contribution in [2.45, 2.75) is 20.3 Å². The fourth-order valence-electron chi connectivity index (χ4n) is 2.10. The Hall–Kier alpha value is -2.63. The highest BCUT2D eigenvalue weighted by Crippen LogP contribution is 2.25. The van der Waals surface area contributed by atoms with Gasteiger partial charge in [0.05, 0.1) is 7.11 Å². The lowest BCUT2D eigenvalue weighted by atomic mass is 10.1. The molecule has 0 amide bonds. The van der Waals surface area contributed by atoms with E-state index >= 15 is 0 Å². The van der Waals surface area contributed by atoms with E-state index in [0.29, 0.717) is 18.1 Å². The van der Waals surface area contributed by atoms with Gasteiger partial charge in [0.2, 0.25) is 5.88 Å².